The minimum atomic E-state index is -0.922. The predicted octanol–water partition coefficient (Wildman–Crippen LogP) is 3.01. The molecule has 2 aromatic carbocycles. The van der Waals surface area contributed by atoms with Crippen LogP contribution in [0, 0.1) is 6.92 Å². The van der Waals surface area contributed by atoms with E-state index in [0.29, 0.717) is 23.1 Å². The molecule has 0 bridgehead atoms. The lowest BCUT2D eigenvalue weighted by atomic mass is 9.99. The van der Waals surface area contributed by atoms with Gasteiger partial charge in [0.1, 0.15) is 12.2 Å². The third kappa shape index (κ3) is 2.54. The number of aliphatic hydroxyl groups excluding tert-OH is 2. The fourth-order valence-electron chi connectivity index (χ4n) is 3.27. The van der Waals surface area contributed by atoms with E-state index < -0.39 is 18.2 Å². The highest BCUT2D eigenvalue weighted by atomic mass is 35.5. The van der Waals surface area contributed by atoms with Crippen LogP contribution in [0.4, 0.5) is 11.4 Å². The average molecular weight is 348 g/mol. The molecule has 0 aliphatic carbocycles. The van der Waals surface area contributed by atoms with Gasteiger partial charge in [0.25, 0.3) is 0 Å². The van der Waals surface area contributed by atoms with Gasteiger partial charge in [0.15, 0.2) is 11.5 Å². The largest absolute Gasteiger partial charge is 0.453 e. The van der Waals surface area contributed by atoms with Crippen molar-refractivity contribution in [2.24, 2.45) is 0 Å². The molecule has 5 nitrogen and oxygen atoms in total. The number of ether oxygens (including phenoxy) is 2. The van der Waals surface area contributed by atoms with Crippen LogP contribution in [0.25, 0.3) is 0 Å². The molecule has 1 saturated heterocycles. The molecule has 4 rings (SSSR count). The quantitative estimate of drug-likeness (QED) is 0.830. The second-order valence-electron chi connectivity index (χ2n) is 6.22. The topological polar surface area (TPSA) is 62.2 Å². The number of aryl methyl sites for hydroxylation is 1. The summed E-state index contributed by atoms with van der Waals surface area (Å²) in [5.74, 6) is 1.31. The van der Waals surface area contributed by atoms with E-state index >= 15 is 0 Å². The van der Waals surface area contributed by atoms with Crippen molar-refractivity contribution < 1.29 is 19.7 Å². The van der Waals surface area contributed by atoms with Gasteiger partial charge in [0.05, 0.1) is 30.6 Å². The van der Waals surface area contributed by atoms with Gasteiger partial charge < -0.3 is 24.6 Å². The number of halogens is 1. The lowest BCUT2D eigenvalue weighted by molar-refractivity contribution is -0.0964. The Labute approximate surface area is 145 Å². The van der Waals surface area contributed by atoms with Gasteiger partial charge >= 0.3 is 0 Å². The van der Waals surface area contributed by atoms with Crippen molar-refractivity contribution in [1.29, 1.82) is 0 Å². The van der Waals surface area contributed by atoms with Crippen molar-refractivity contribution in [3.63, 3.8) is 0 Å². The average Bonchev–Trinajstić information content (AvgIpc) is 2.55. The number of anilines is 2. The summed E-state index contributed by atoms with van der Waals surface area (Å²) in [6, 6.07) is 10.9. The maximum absolute atomic E-state index is 10.5. The number of benzene rings is 2. The van der Waals surface area contributed by atoms with Gasteiger partial charge in [-0.1, -0.05) is 17.7 Å². The second-order valence-corrected chi connectivity index (χ2v) is 6.65. The number of aliphatic hydroxyl groups is 2. The highest BCUT2D eigenvalue weighted by Crippen LogP contribution is 2.49. The molecule has 2 aliphatic heterocycles. The fourth-order valence-corrected chi connectivity index (χ4v) is 3.43. The summed E-state index contributed by atoms with van der Waals surface area (Å²) >= 11 is 6.11. The summed E-state index contributed by atoms with van der Waals surface area (Å²) in [6.45, 7) is 2.44. The number of fused-ring (bicyclic) bond motifs is 2. The molecule has 0 saturated carbocycles. The van der Waals surface area contributed by atoms with Crippen LogP contribution in [0.1, 0.15) is 5.56 Å². The van der Waals surface area contributed by atoms with Gasteiger partial charge in [-0.05, 0) is 36.8 Å². The molecule has 0 amide bonds. The first-order valence-corrected chi connectivity index (χ1v) is 8.23. The van der Waals surface area contributed by atoms with E-state index in [2.05, 4.69) is 0 Å². The number of hydrogen-bond donors (Lipinski definition) is 2. The molecule has 2 heterocycles. The number of nitrogens with zero attached hydrogens (tertiary/aromatic N) is 1. The van der Waals surface area contributed by atoms with Crippen LogP contribution in [0.3, 0.4) is 0 Å². The molecule has 1 fully saturated rings. The maximum atomic E-state index is 10.5. The van der Waals surface area contributed by atoms with Crippen LogP contribution in [-0.2, 0) is 4.74 Å². The van der Waals surface area contributed by atoms with Crippen LogP contribution in [0.15, 0.2) is 36.4 Å². The highest BCUT2D eigenvalue weighted by Gasteiger charge is 2.39. The summed E-state index contributed by atoms with van der Waals surface area (Å²) in [6.07, 6.45) is -1.84. The van der Waals surface area contributed by atoms with Crippen molar-refractivity contribution in [3.8, 4) is 11.5 Å². The van der Waals surface area contributed by atoms with Crippen molar-refractivity contribution >= 4 is 23.0 Å². The molecule has 0 spiro atoms. The van der Waals surface area contributed by atoms with Gasteiger partial charge in [0, 0.05) is 11.1 Å². The van der Waals surface area contributed by atoms with Crippen LogP contribution < -0.4 is 9.64 Å². The number of rotatable bonds is 1. The third-order valence-corrected chi connectivity index (χ3v) is 4.71. The molecular formula is C18H18ClNO4. The van der Waals surface area contributed by atoms with E-state index in [1.165, 1.54) is 0 Å². The zero-order chi connectivity index (χ0) is 16.8. The van der Waals surface area contributed by atoms with Gasteiger partial charge in [-0.25, -0.2) is 0 Å². The zero-order valence-electron chi connectivity index (χ0n) is 13.1. The molecule has 24 heavy (non-hydrogen) atoms. The molecule has 3 atom stereocenters. The molecule has 0 aromatic heterocycles. The third-order valence-electron chi connectivity index (χ3n) is 4.47. The zero-order valence-corrected chi connectivity index (χ0v) is 13.9. The van der Waals surface area contributed by atoms with Gasteiger partial charge in [0.2, 0.25) is 0 Å². The normalized spacial score (nSPS) is 25.7. The Hall–Kier alpha value is -1.79. The molecule has 126 valence electrons. The second kappa shape index (κ2) is 5.93. The van der Waals surface area contributed by atoms with E-state index in [1.54, 1.807) is 12.1 Å². The standard InChI is InChI=1S/C18H18ClNO4/c1-10-2-4-12-16(6-10)24-17-7-11(19)3-5-13(17)20(12)14-8-23-9-15(21)18(14)22/h2-7,14-15,18,21-22H,8-9H2,1H3/t14-,15-,18+/m0/s1. The number of hydrogen-bond acceptors (Lipinski definition) is 5. The minimum Gasteiger partial charge on any atom is -0.453 e. The summed E-state index contributed by atoms with van der Waals surface area (Å²) in [7, 11) is 0. The van der Waals surface area contributed by atoms with E-state index in [-0.39, 0.29) is 6.61 Å². The molecular weight excluding hydrogens is 330 g/mol. The molecule has 0 radical (unpaired) electrons. The van der Waals surface area contributed by atoms with E-state index in [1.807, 2.05) is 36.1 Å². The Bertz CT molecular complexity index is 730. The molecule has 2 aliphatic rings. The van der Waals surface area contributed by atoms with E-state index in [4.69, 9.17) is 21.1 Å². The lowest BCUT2D eigenvalue weighted by Gasteiger charge is -2.43. The Morgan fingerprint density at radius 2 is 1.75 bits per heavy atom. The van der Waals surface area contributed by atoms with Gasteiger partial charge in [-0.3, -0.25) is 0 Å². The first-order valence-electron chi connectivity index (χ1n) is 7.86. The van der Waals surface area contributed by atoms with Crippen LogP contribution in [-0.4, -0.2) is 41.7 Å². The first-order chi connectivity index (χ1) is 11.5. The molecule has 6 heteroatoms. The lowest BCUT2D eigenvalue weighted by Crippen LogP contribution is -2.55. The van der Waals surface area contributed by atoms with Crippen LogP contribution >= 0.6 is 11.6 Å². The van der Waals surface area contributed by atoms with Gasteiger partial charge in [-0.15, -0.1) is 0 Å². The van der Waals surface area contributed by atoms with Crippen LogP contribution in [0.5, 0.6) is 11.5 Å². The summed E-state index contributed by atoms with van der Waals surface area (Å²) < 4.78 is 11.5. The maximum Gasteiger partial charge on any atom is 0.152 e. The van der Waals surface area contributed by atoms with Crippen molar-refractivity contribution in [2.75, 3.05) is 18.1 Å². The Morgan fingerprint density at radius 1 is 1.04 bits per heavy atom. The Balaban J connectivity index is 1.86. The molecule has 2 aromatic rings. The predicted molar refractivity (Wildman–Crippen MR) is 91.5 cm³/mol. The van der Waals surface area contributed by atoms with E-state index in [9.17, 15) is 10.2 Å². The van der Waals surface area contributed by atoms with Gasteiger partial charge in [-0.2, -0.15) is 0 Å². The highest BCUT2D eigenvalue weighted by molar-refractivity contribution is 6.30. The monoisotopic (exact) mass is 347 g/mol. The Morgan fingerprint density at radius 3 is 2.54 bits per heavy atom. The van der Waals surface area contributed by atoms with Crippen molar-refractivity contribution in [1.82, 2.24) is 0 Å². The summed E-state index contributed by atoms with van der Waals surface area (Å²) in [5, 5.41) is 21.1. The summed E-state index contributed by atoms with van der Waals surface area (Å²) in [4.78, 5) is 1.97. The van der Waals surface area contributed by atoms with Crippen LogP contribution in [0.2, 0.25) is 5.02 Å². The minimum absolute atomic E-state index is 0.135. The van der Waals surface area contributed by atoms with E-state index in [0.717, 1.165) is 16.9 Å². The summed E-state index contributed by atoms with van der Waals surface area (Å²) in [5.41, 5.74) is 2.69. The SMILES string of the molecule is Cc1ccc2c(c1)Oc1cc(Cl)ccc1N2[C@H]1COC[C@H](O)[C@@H]1O. The Kier molecular flexibility index (Phi) is 3.89. The fraction of sp³-hybridized carbons (Fsp3) is 0.333. The smallest absolute Gasteiger partial charge is 0.152 e. The van der Waals surface area contributed by atoms with Crippen molar-refractivity contribution in [2.45, 2.75) is 25.2 Å². The molecule has 0 unspecified atom stereocenters. The molecule has 2 N–H and O–H groups in total. The van der Waals surface area contributed by atoms with Crippen molar-refractivity contribution in [3.05, 3.63) is 47.0 Å². The first kappa shape index (κ1) is 15.7.